The first kappa shape index (κ1) is 21.3. The average Bonchev–Trinajstić information content (AvgIpc) is 3.18. The number of amides is 1. The second-order valence-electron chi connectivity index (χ2n) is 7.10. The lowest BCUT2D eigenvalue weighted by Gasteiger charge is -2.16. The Kier molecular flexibility index (Phi) is 5.78. The van der Waals surface area contributed by atoms with Crippen LogP contribution in [-0.4, -0.2) is 37.1 Å². The van der Waals surface area contributed by atoms with Gasteiger partial charge >= 0.3 is 0 Å². The van der Waals surface area contributed by atoms with Crippen molar-refractivity contribution in [2.24, 2.45) is 0 Å². The van der Waals surface area contributed by atoms with Crippen LogP contribution in [0.25, 0.3) is 0 Å². The Bertz CT molecular complexity index is 1290. The number of carbonyl (C=O) groups is 1. The molecule has 0 saturated carbocycles. The fourth-order valence-electron chi connectivity index (χ4n) is 3.33. The van der Waals surface area contributed by atoms with E-state index in [1.165, 1.54) is 16.6 Å². The van der Waals surface area contributed by atoms with Crippen LogP contribution in [0.15, 0.2) is 67.4 Å². The van der Waals surface area contributed by atoms with Gasteiger partial charge in [0.15, 0.2) is 0 Å². The predicted molar refractivity (Wildman–Crippen MR) is 123 cm³/mol. The summed E-state index contributed by atoms with van der Waals surface area (Å²) >= 11 is 0. The number of sulfonamides is 1. The molecular formula is C22H21N5O4S. The van der Waals surface area contributed by atoms with Gasteiger partial charge in [0, 0.05) is 36.2 Å². The van der Waals surface area contributed by atoms with Crippen molar-refractivity contribution in [3.05, 3.63) is 72.9 Å². The molecule has 0 bridgehead atoms. The van der Waals surface area contributed by atoms with Crippen LogP contribution in [0.3, 0.4) is 0 Å². The number of rotatable bonds is 7. The Balaban J connectivity index is 1.48. The molecule has 3 aromatic rings. The van der Waals surface area contributed by atoms with Crippen LogP contribution >= 0.6 is 0 Å². The van der Waals surface area contributed by atoms with Crippen molar-refractivity contribution < 1.29 is 17.9 Å². The SMILES string of the molecule is C=CC(=O)Nc1cccc(Oc2ccnc(Nc3ccc4c(c3)CCN4S(C)(=O)=O)n2)c1. The maximum atomic E-state index is 11.9. The molecule has 2 aromatic carbocycles. The monoisotopic (exact) mass is 451 g/mol. The molecule has 0 atom stereocenters. The Morgan fingerprint density at radius 3 is 2.81 bits per heavy atom. The molecular weight excluding hydrogens is 430 g/mol. The Morgan fingerprint density at radius 2 is 2.03 bits per heavy atom. The second-order valence-corrected chi connectivity index (χ2v) is 9.00. The van der Waals surface area contributed by atoms with Gasteiger partial charge in [0.1, 0.15) is 5.75 Å². The lowest BCUT2D eigenvalue weighted by Crippen LogP contribution is -2.27. The van der Waals surface area contributed by atoms with Crippen molar-refractivity contribution in [1.29, 1.82) is 0 Å². The summed E-state index contributed by atoms with van der Waals surface area (Å²) in [4.78, 5) is 20.1. The second kappa shape index (κ2) is 8.67. The molecule has 2 N–H and O–H groups in total. The number of anilines is 4. The number of carbonyl (C=O) groups excluding carboxylic acids is 1. The smallest absolute Gasteiger partial charge is 0.247 e. The minimum absolute atomic E-state index is 0.315. The Morgan fingerprint density at radius 1 is 1.19 bits per heavy atom. The third kappa shape index (κ3) is 4.86. The van der Waals surface area contributed by atoms with Crippen molar-refractivity contribution in [1.82, 2.24) is 9.97 Å². The largest absolute Gasteiger partial charge is 0.439 e. The molecule has 1 aliphatic rings. The van der Waals surface area contributed by atoms with Gasteiger partial charge in [0.25, 0.3) is 0 Å². The number of nitrogens with zero attached hydrogens (tertiary/aromatic N) is 3. The van der Waals surface area contributed by atoms with E-state index < -0.39 is 10.0 Å². The van der Waals surface area contributed by atoms with Crippen molar-refractivity contribution in [2.45, 2.75) is 6.42 Å². The van der Waals surface area contributed by atoms with Crippen LogP contribution < -0.4 is 19.7 Å². The van der Waals surface area contributed by atoms with Gasteiger partial charge < -0.3 is 15.4 Å². The molecule has 10 heteroatoms. The molecule has 4 rings (SSSR count). The zero-order valence-electron chi connectivity index (χ0n) is 17.3. The molecule has 164 valence electrons. The van der Waals surface area contributed by atoms with Gasteiger partial charge in [-0.05, 0) is 48.4 Å². The molecule has 0 fully saturated rings. The average molecular weight is 452 g/mol. The molecule has 32 heavy (non-hydrogen) atoms. The highest BCUT2D eigenvalue weighted by atomic mass is 32.2. The highest BCUT2D eigenvalue weighted by Crippen LogP contribution is 2.33. The lowest BCUT2D eigenvalue weighted by molar-refractivity contribution is -0.111. The maximum Gasteiger partial charge on any atom is 0.247 e. The van der Waals surface area contributed by atoms with Gasteiger partial charge in [-0.3, -0.25) is 9.10 Å². The summed E-state index contributed by atoms with van der Waals surface area (Å²) in [7, 11) is -3.29. The van der Waals surface area contributed by atoms with Gasteiger partial charge in [-0.2, -0.15) is 4.98 Å². The number of hydrogen-bond acceptors (Lipinski definition) is 7. The van der Waals surface area contributed by atoms with Crippen LogP contribution in [-0.2, 0) is 21.2 Å². The van der Waals surface area contributed by atoms with E-state index in [1.54, 1.807) is 48.7 Å². The molecule has 1 aliphatic heterocycles. The van der Waals surface area contributed by atoms with Crippen molar-refractivity contribution in [2.75, 3.05) is 27.7 Å². The Hall–Kier alpha value is -3.92. The van der Waals surface area contributed by atoms with E-state index in [4.69, 9.17) is 4.74 Å². The van der Waals surface area contributed by atoms with E-state index in [0.717, 1.165) is 11.3 Å². The van der Waals surface area contributed by atoms with Gasteiger partial charge in [-0.1, -0.05) is 12.6 Å². The molecule has 0 aliphatic carbocycles. The summed E-state index contributed by atoms with van der Waals surface area (Å²) in [5, 5.41) is 5.79. The summed E-state index contributed by atoms with van der Waals surface area (Å²) in [6.45, 7) is 3.86. The first-order valence-corrected chi connectivity index (χ1v) is 11.6. The minimum atomic E-state index is -3.29. The van der Waals surface area contributed by atoms with Crippen LogP contribution in [0.5, 0.6) is 11.6 Å². The number of fused-ring (bicyclic) bond motifs is 1. The van der Waals surface area contributed by atoms with E-state index in [0.29, 0.717) is 41.9 Å². The van der Waals surface area contributed by atoms with E-state index in [1.807, 2.05) is 6.07 Å². The van der Waals surface area contributed by atoms with Crippen LogP contribution in [0, 0.1) is 0 Å². The third-order valence-corrected chi connectivity index (χ3v) is 5.91. The third-order valence-electron chi connectivity index (χ3n) is 4.73. The van der Waals surface area contributed by atoms with Gasteiger partial charge in [0.05, 0.1) is 11.9 Å². The van der Waals surface area contributed by atoms with Crippen molar-refractivity contribution >= 4 is 38.9 Å². The van der Waals surface area contributed by atoms with Crippen molar-refractivity contribution in [3.63, 3.8) is 0 Å². The summed E-state index contributed by atoms with van der Waals surface area (Å²) in [5.74, 6) is 0.829. The van der Waals surface area contributed by atoms with E-state index >= 15 is 0 Å². The highest BCUT2D eigenvalue weighted by molar-refractivity contribution is 7.92. The minimum Gasteiger partial charge on any atom is -0.439 e. The van der Waals surface area contributed by atoms with Crippen LogP contribution in [0.2, 0.25) is 0 Å². The molecule has 9 nitrogen and oxygen atoms in total. The number of hydrogen-bond donors (Lipinski definition) is 2. The first-order valence-electron chi connectivity index (χ1n) is 9.74. The number of nitrogens with one attached hydrogen (secondary N) is 2. The fraction of sp³-hybridized carbons (Fsp3) is 0.136. The van der Waals surface area contributed by atoms with Crippen molar-refractivity contribution in [3.8, 4) is 11.6 Å². The number of benzene rings is 2. The molecule has 0 unspecified atom stereocenters. The Labute approximate surface area is 185 Å². The lowest BCUT2D eigenvalue weighted by atomic mass is 10.1. The van der Waals surface area contributed by atoms with E-state index in [9.17, 15) is 13.2 Å². The highest BCUT2D eigenvalue weighted by Gasteiger charge is 2.26. The quantitative estimate of drug-likeness (QED) is 0.529. The number of aromatic nitrogens is 2. The summed E-state index contributed by atoms with van der Waals surface area (Å²) in [6, 6.07) is 14.0. The maximum absolute atomic E-state index is 11.9. The summed E-state index contributed by atoms with van der Waals surface area (Å²) in [5.41, 5.74) is 2.94. The van der Waals surface area contributed by atoms with E-state index in [2.05, 4.69) is 27.2 Å². The first-order chi connectivity index (χ1) is 15.3. The van der Waals surface area contributed by atoms with E-state index in [-0.39, 0.29) is 5.91 Å². The molecule has 1 aromatic heterocycles. The fourth-order valence-corrected chi connectivity index (χ4v) is 4.29. The molecule has 2 heterocycles. The molecule has 1 amide bonds. The van der Waals surface area contributed by atoms with Gasteiger partial charge in [0.2, 0.25) is 27.8 Å². The summed E-state index contributed by atoms with van der Waals surface area (Å²) in [6.07, 6.45) is 4.59. The number of ether oxygens (including phenoxy) is 1. The molecule has 0 saturated heterocycles. The van der Waals surface area contributed by atoms with Gasteiger partial charge in [-0.15, -0.1) is 0 Å². The zero-order chi connectivity index (χ0) is 22.7. The topological polar surface area (TPSA) is 114 Å². The predicted octanol–water partition coefficient (Wildman–Crippen LogP) is 3.46. The normalized spacial score (nSPS) is 12.7. The summed E-state index contributed by atoms with van der Waals surface area (Å²) < 4.78 is 31.0. The van der Waals surface area contributed by atoms with Crippen LogP contribution in [0.1, 0.15) is 5.56 Å². The standard InChI is InChI=1S/C22H21N5O4S/c1-3-20(28)24-16-5-4-6-18(14-16)31-21-9-11-23-22(26-21)25-17-7-8-19-15(13-17)10-12-27(19)32(2,29)30/h3-9,11,13-14H,1,10,12H2,2H3,(H,24,28)(H,23,25,26). The molecule has 0 spiro atoms. The van der Waals surface area contributed by atoms with Crippen LogP contribution in [0.4, 0.5) is 23.0 Å². The molecule has 0 radical (unpaired) electrons. The van der Waals surface area contributed by atoms with Gasteiger partial charge in [-0.25, -0.2) is 13.4 Å². The zero-order valence-corrected chi connectivity index (χ0v) is 18.1.